The van der Waals surface area contributed by atoms with Gasteiger partial charge in [0.05, 0.1) is 29.9 Å². The normalized spacial score (nSPS) is 12.1. The van der Waals surface area contributed by atoms with Crippen molar-refractivity contribution in [3.63, 3.8) is 0 Å². The molecular formula is C23H24FN5O4S. The van der Waals surface area contributed by atoms with Crippen molar-refractivity contribution in [1.29, 1.82) is 5.26 Å². The number of aryl methyl sites for hydroxylation is 1. The SMILES string of the molecule is COc1cccc(S(=O)(=O)NCCC(=O)NC(Cc2cncn2C)c2ccc(C#N)c(F)c2)c1. The molecule has 2 aromatic carbocycles. The maximum absolute atomic E-state index is 14.2. The number of rotatable bonds is 10. The zero-order valence-corrected chi connectivity index (χ0v) is 19.5. The van der Waals surface area contributed by atoms with Gasteiger partial charge in [0, 0.05) is 44.4 Å². The molecule has 178 valence electrons. The minimum absolute atomic E-state index is 0.0226. The van der Waals surface area contributed by atoms with Gasteiger partial charge in [-0.05, 0) is 29.8 Å². The summed E-state index contributed by atoms with van der Waals surface area (Å²) >= 11 is 0. The van der Waals surface area contributed by atoms with Gasteiger partial charge in [-0.25, -0.2) is 22.5 Å². The van der Waals surface area contributed by atoms with Crippen LogP contribution in [0.4, 0.5) is 4.39 Å². The summed E-state index contributed by atoms with van der Waals surface area (Å²) in [4.78, 5) is 16.7. The Labute approximate surface area is 197 Å². The fourth-order valence-corrected chi connectivity index (χ4v) is 4.37. The number of methoxy groups -OCH3 is 1. The molecule has 0 spiro atoms. The summed E-state index contributed by atoms with van der Waals surface area (Å²) in [5.41, 5.74) is 1.18. The lowest BCUT2D eigenvalue weighted by atomic mass is 10.00. The van der Waals surface area contributed by atoms with E-state index >= 15 is 0 Å². The Morgan fingerprint density at radius 3 is 2.74 bits per heavy atom. The number of amides is 1. The molecule has 9 nitrogen and oxygen atoms in total. The molecule has 1 heterocycles. The minimum Gasteiger partial charge on any atom is -0.497 e. The van der Waals surface area contributed by atoms with Gasteiger partial charge in [0.2, 0.25) is 15.9 Å². The molecule has 1 atom stereocenters. The fourth-order valence-electron chi connectivity index (χ4n) is 3.30. The molecule has 34 heavy (non-hydrogen) atoms. The number of sulfonamides is 1. The molecule has 0 fully saturated rings. The second kappa shape index (κ2) is 10.9. The molecular weight excluding hydrogens is 461 g/mol. The molecule has 0 aliphatic carbocycles. The maximum Gasteiger partial charge on any atom is 0.240 e. The Balaban J connectivity index is 1.68. The van der Waals surface area contributed by atoms with Crippen LogP contribution in [-0.2, 0) is 28.3 Å². The molecule has 3 rings (SSSR count). The Bertz CT molecular complexity index is 1320. The van der Waals surface area contributed by atoms with E-state index in [0.717, 1.165) is 5.69 Å². The van der Waals surface area contributed by atoms with E-state index < -0.39 is 27.8 Å². The van der Waals surface area contributed by atoms with Gasteiger partial charge in [0.15, 0.2) is 0 Å². The molecule has 1 amide bonds. The number of aromatic nitrogens is 2. The highest BCUT2D eigenvalue weighted by molar-refractivity contribution is 7.89. The third-order valence-electron chi connectivity index (χ3n) is 5.18. The molecule has 3 aromatic rings. The number of nitrogens with zero attached hydrogens (tertiary/aromatic N) is 3. The highest BCUT2D eigenvalue weighted by Crippen LogP contribution is 2.21. The zero-order valence-electron chi connectivity index (χ0n) is 18.7. The highest BCUT2D eigenvalue weighted by Gasteiger charge is 2.20. The molecule has 11 heteroatoms. The third kappa shape index (κ3) is 6.18. The van der Waals surface area contributed by atoms with Crippen molar-refractivity contribution >= 4 is 15.9 Å². The molecule has 1 aromatic heterocycles. The first-order chi connectivity index (χ1) is 16.2. The summed E-state index contributed by atoms with van der Waals surface area (Å²) < 4.78 is 48.4. The molecule has 0 aliphatic rings. The highest BCUT2D eigenvalue weighted by atomic mass is 32.2. The van der Waals surface area contributed by atoms with E-state index in [1.807, 2.05) is 0 Å². The van der Waals surface area contributed by atoms with Gasteiger partial charge in [-0.2, -0.15) is 5.26 Å². The number of benzene rings is 2. The van der Waals surface area contributed by atoms with Crippen molar-refractivity contribution in [2.45, 2.75) is 23.8 Å². The van der Waals surface area contributed by atoms with Crippen LogP contribution >= 0.6 is 0 Å². The second-order valence-corrected chi connectivity index (χ2v) is 9.26. The van der Waals surface area contributed by atoms with E-state index in [1.165, 1.54) is 31.4 Å². The first kappa shape index (κ1) is 24.9. The number of nitriles is 1. The number of nitrogens with one attached hydrogen (secondary N) is 2. The minimum atomic E-state index is -3.83. The summed E-state index contributed by atoms with van der Waals surface area (Å²) in [6.45, 7) is -0.133. The van der Waals surface area contributed by atoms with Crippen molar-refractivity contribution in [2.75, 3.05) is 13.7 Å². The van der Waals surface area contributed by atoms with E-state index in [1.54, 1.807) is 48.4 Å². The summed E-state index contributed by atoms with van der Waals surface area (Å²) in [6.07, 6.45) is 3.44. The number of imidazole rings is 1. The predicted octanol–water partition coefficient (Wildman–Crippen LogP) is 2.21. The Hall–Kier alpha value is -3.75. The number of hydrogen-bond acceptors (Lipinski definition) is 6. The summed E-state index contributed by atoms with van der Waals surface area (Å²) in [7, 11) is -0.596. The summed E-state index contributed by atoms with van der Waals surface area (Å²) in [6, 6.07) is 11.3. The van der Waals surface area contributed by atoms with E-state index in [4.69, 9.17) is 10.00 Å². The molecule has 0 radical (unpaired) electrons. The van der Waals surface area contributed by atoms with Gasteiger partial charge >= 0.3 is 0 Å². The quantitative estimate of drug-likeness (QED) is 0.453. The van der Waals surface area contributed by atoms with Gasteiger partial charge < -0.3 is 14.6 Å². The van der Waals surface area contributed by atoms with Crippen molar-refractivity contribution in [3.05, 3.63) is 77.6 Å². The average molecular weight is 486 g/mol. The Kier molecular flexibility index (Phi) is 7.99. The van der Waals surface area contributed by atoms with Gasteiger partial charge in [-0.15, -0.1) is 0 Å². The van der Waals surface area contributed by atoms with Crippen LogP contribution in [0.3, 0.4) is 0 Å². The van der Waals surface area contributed by atoms with E-state index in [2.05, 4.69) is 15.0 Å². The van der Waals surface area contributed by atoms with Crippen LogP contribution in [-0.4, -0.2) is 37.5 Å². The monoisotopic (exact) mass is 485 g/mol. The van der Waals surface area contributed by atoms with Crippen LogP contribution < -0.4 is 14.8 Å². The molecule has 0 saturated heterocycles. The van der Waals surface area contributed by atoms with Gasteiger partial charge in [0.25, 0.3) is 0 Å². The third-order valence-corrected chi connectivity index (χ3v) is 6.64. The van der Waals surface area contributed by atoms with E-state index in [0.29, 0.717) is 17.7 Å². The van der Waals surface area contributed by atoms with E-state index in [9.17, 15) is 17.6 Å². The van der Waals surface area contributed by atoms with Crippen LogP contribution in [0.2, 0.25) is 0 Å². The number of carbonyl (C=O) groups excluding carboxylic acids is 1. The van der Waals surface area contributed by atoms with Crippen LogP contribution in [0.25, 0.3) is 0 Å². The van der Waals surface area contributed by atoms with Crippen molar-refractivity contribution in [1.82, 2.24) is 19.6 Å². The van der Waals surface area contributed by atoms with Crippen molar-refractivity contribution in [3.8, 4) is 11.8 Å². The van der Waals surface area contributed by atoms with Gasteiger partial charge in [0.1, 0.15) is 17.6 Å². The fraction of sp³-hybridized carbons (Fsp3) is 0.261. The molecule has 0 bridgehead atoms. The van der Waals surface area contributed by atoms with Crippen molar-refractivity contribution < 1.29 is 22.3 Å². The topological polar surface area (TPSA) is 126 Å². The molecule has 1 unspecified atom stereocenters. The van der Waals surface area contributed by atoms with Crippen LogP contribution in [0.1, 0.15) is 29.3 Å². The molecule has 2 N–H and O–H groups in total. The zero-order chi connectivity index (χ0) is 24.7. The summed E-state index contributed by atoms with van der Waals surface area (Å²) in [5.74, 6) is -0.714. The first-order valence-electron chi connectivity index (χ1n) is 10.3. The Morgan fingerprint density at radius 2 is 2.09 bits per heavy atom. The molecule has 0 aliphatic heterocycles. The second-order valence-electron chi connectivity index (χ2n) is 7.50. The first-order valence-corrected chi connectivity index (χ1v) is 11.8. The Morgan fingerprint density at radius 1 is 1.29 bits per heavy atom. The van der Waals surface area contributed by atoms with Crippen LogP contribution in [0.15, 0.2) is 59.9 Å². The molecule has 0 saturated carbocycles. The lowest BCUT2D eigenvalue weighted by Crippen LogP contribution is -2.34. The summed E-state index contributed by atoms with van der Waals surface area (Å²) in [5, 5.41) is 11.8. The largest absolute Gasteiger partial charge is 0.497 e. The standard InChI is InChI=1S/C23H24FN5O4S/c1-29-15-26-14-18(29)11-22(16-6-7-17(13-25)21(24)10-16)28-23(30)8-9-27-34(31,32)20-5-3-4-19(12-20)33-2/h3-7,10,12,14-15,22,27H,8-9,11H2,1-2H3,(H,28,30). The van der Waals surface area contributed by atoms with Gasteiger partial charge in [-0.1, -0.05) is 12.1 Å². The predicted molar refractivity (Wildman–Crippen MR) is 122 cm³/mol. The smallest absolute Gasteiger partial charge is 0.240 e. The number of ether oxygens (including phenoxy) is 1. The maximum atomic E-state index is 14.2. The average Bonchev–Trinajstić information content (AvgIpc) is 3.22. The number of carbonyl (C=O) groups is 1. The van der Waals surface area contributed by atoms with Gasteiger partial charge in [-0.3, -0.25) is 4.79 Å². The lowest BCUT2D eigenvalue weighted by molar-refractivity contribution is -0.121. The van der Waals surface area contributed by atoms with Crippen LogP contribution in [0.5, 0.6) is 5.75 Å². The van der Waals surface area contributed by atoms with Crippen LogP contribution in [0, 0.1) is 17.1 Å². The lowest BCUT2D eigenvalue weighted by Gasteiger charge is -2.20. The van der Waals surface area contributed by atoms with Crippen molar-refractivity contribution in [2.24, 2.45) is 7.05 Å². The number of hydrogen-bond donors (Lipinski definition) is 2. The van der Waals surface area contributed by atoms with E-state index in [-0.39, 0.29) is 23.4 Å². The number of halogens is 1.